The predicted molar refractivity (Wildman–Crippen MR) is 85.1 cm³/mol. The molecule has 0 aliphatic carbocycles. The average Bonchev–Trinajstić information content (AvgIpc) is 3.23. The molecule has 7 heteroatoms. The quantitative estimate of drug-likeness (QED) is 0.481. The summed E-state index contributed by atoms with van der Waals surface area (Å²) in [6.45, 7) is 0.0555. The number of oxazole rings is 1. The maximum atomic E-state index is 11.6. The van der Waals surface area contributed by atoms with Crippen molar-refractivity contribution in [2.45, 2.75) is 6.61 Å². The molecule has 3 rings (SSSR count). The third-order valence-corrected chi connectivity index (χ3v) is 3.91. The number of thiophene rings is 1. The van der Waals surface area contributed by atoms with Gasteiger partial charge < -0.3 is 13.6 Å². The highest BCUT2D eigenvalue weighted by Crippen LogP contribution is 2.23. The Hall–Kier alpha value is -2.12. The van der Waals surface area contributed by atoms with Gasteiger partial charge in [0.2, 0.25) is 5.89 Å². The number of hydrogen-bond acceptors (Lipinski definition) is 6. The van der Waals surface area contributed by atoms with Gasteiger partial charge in [-0.3, -0.25) is 0 Å². The van der Waals surface area contributed by atoms with Crippen molar-refractivity contribution < 1.29 is 18.4 Å². The van der Waals surface area contributed by atoms with E-state index < -0.39 is 5.97 Å². The van der Waals surface area contributed by atoms with E-state index in [2.05, 4.69) is 20.9 Å². The molecule has 0 N–H and O–H groups in total. The molecule has 0 unspecified atom stereocenters. The Kier molecular flexibility index (Phi) is 4.55. The van der Waals surface area contributed by atoms with Crippen molar-refractivity contribution in [1.29, 1.82) is 0 Å². The molecule has 0 aliphatic rings. The molecule has 0 aliphatic heterocycles. The standard InChI is InChI=1S/C15H10BrNO4S/c16-13-5-3-11(21-13)4-6-14(18)19-8-10-9-20-15(17-10)12-2-1-7-22-12/h1-7,9H,8H2/b6-4+. The van der Waals surface area contributed by atoms with Crippen LogP contribution in [-0.2, 0) is 16.1 Å². The Morgan fingerprint density at radius 3 is 3.05 bits per heavy atom. The van der Waals surface area contributed by atoms with Gasteiger partial charge in [-0.05, 0) is 45.6 Å². The van der Waals surface area contributed by atoms with Crippen molar-refractivity contribution in [1.82, 2.24) is 4.98 Å². The molecular weight excluding hydrogens is 370 g/mol. The number of ether oxygens (including phenoxy) is 1. The summed E-state index contributed by atoms with van der Waals surface area (Å²) in [5.41, 5.74) is 0.561. The van der Waals surface area contributed by atoms with Gasteiger partial charge in [0.05, 0.1) is 4.88 Å². The lowest BCUT2D eigenvalue weighted by atomic mass is 10.4. The number of esters is 1. The van der Waals surface area contributed by atoms with Gasteiger partial charge in [0, 0.05) is 6.08 Å². The molecule has 5 nitrogen and oxygen atoms in total. The lowest BCUT2D eigenvalue weighted by molar-refractivity contribution is -0.139. The van der Waals surface area contributed by atoms with Gasteiger partial charge in [-0.25, -0.2) is 9.78 Å². The number of nitrogens with zero attached hydrogens (tertiary/aromatic N) is 1. The van der Waals surface area contributed by atoms with Crippen LogP contribution in [0.3, 0.4) is 0 Å². The minimum atomic E-state index is -0.479. The van der Waals surface area contributed by atoms with E-state index in [0.717, 1.165) is 4.88 Å². The van der Waals surface area contributed by atoms with Crippen molar-refractivity contribution in [3.05, 3.63) is 58.1 Å². The largest absolute Gasteiger partial charge is 0.456 e. The molecule has 3 aromatic heterocycles. The van der Waals surface area contributed by atoms with Crippen LogP contribution in [0.2, 0.25) is 0 Å². The summed E-state index contributed by atoms with van der Waals surface area (Å²) in [5, 5.41) is 1.94. The SMILES string of the molecule is O=C(/C=C/c1ccc(Br)o1)OCc1coc(-c2cccs2)n1. The molecule has 0 atom stereocenters. The minimum absolute atomic E-state index is 0.0555. The topological polar surface area (TPSA) is 65.5 Å². The number of carbonyl (C=O) groups is 1. The van der Waals surface area contributed by atoms with Crippen molar-refractivity contribution in [3.63, 3.8) is 0 Å². The number of carbonyl (C=O) groups excluding carboxylic acids is 1. The molecule has 0 radical (unpaired) electrons. The Labute approximate surface area is 138 Å². The number of rotatable bonds is 5. The number of furan rings is 1. The number of halogens is 1. The number of aromatic nitrogens is 1. The lowest BCUT2D eigenvalue weighted by Gasteiger charge is -1.96. The Morgan fingerprint density at radius 2 is 2.32 bits per heavy atom. The van der Waals surface area contributed by atoms with Crippen molar-refractivity contribution in [2.75, 3.05) is 0 Å². The monoisotopic (exact) mass is 379 g/mol. The third-order valence-electron chi connectivity index (χ3n) is 2.62. The zero-order valence-corrected chi connectivity index (χ0v) is 13.6. The van der Waals surface area contributed by atoms with E-state index in [4.69, 9.17) is 13.6 Å². The maximum absolute atomic E-state index is 11.6. The molecule has 0 spiro atoms. The van der Waals surface area contributed by atoms with E-state index in [-0.39, 0.29) is 6.61 Å². The lowest BCUT2D eigenvalue weighted by Crippen LogP contribution is -2.00. The smallest absolute Gasteiger partial charge is 0.331 e. The summed E-state index contributed by atoms with van der Waals surface area (Å²) in [6.07, 6.45) is 4.31. The van der Waals surface area contributed by atoms with E-state index in [0.29, 0.717) is 22.0 Å². The van der Waals surface area contributed by atoms with Gasteiger partial charge in [0.25, 0.3) is 0 Å². The third kappa shape index (κ3) is 3.75. The fraction of sp³-hybridized carbons (Fsp3) is 0.0667. The Bertz CT molecular complexity index is 788. The summed E-state index contributed by atoms with van der Waals surface area (Å²) < 4.78 is 16.3. The maximum Gasteiger partial charge on any atom is 0.331 e. The van der Waals surface area contributed by atoms with Crippen LogP contribution in [0.25, 0.3) is 16.8 Å². The van der Waals surface area contributed by atoms with Crippen LogP contribution in [0.5, 0.6) is 0 Å². The van der Waals surface area contributed by atoms with Gasteiger partial charge in [-0.15, -0.1) is 11.3 Å². The fourth-order valence-electron chi connectivity index (χ4n) is 1.65. The minimum Gasteiger partial charge on any atom is -0.456 e. The van der Waals surface area contributed by atoms with E-state index in [1.54, 1.807) is 12.1 Å². The van der Waals surface area contributed by atoms with Gasteiger partial charge in [-0.2, -0.15) is 0 Å². The molecule has 0 amide bonds. The highest BCUT2D eigenvalue weighted by atomic mass is 79.9. The van der Waals surface area contributed by atoms with Gasteiger partial charge in [0.15, 0.2) is 4.67 Å². The second kappa shape index (κ2) is 6.76. The van der Waals surface area contributed by atoms with E-state index in [1.807, 2.05) is 17.5 Å². The van der Waals surface area contributed by atoms with Crippen LogP contribution in [0.1, 0.15) is 11.5 Å². The molecule has 0 saturated carbocycles. The van der Waals surface area contributed by atoms with Crippen molar-refractivity contribution in [3.8, 4) is 10.8 Å². The van der Waals surface area contributed by atoms with Crippen molar-refractivity contribution in [2.24, 2.45) is 0 Å². The Morgan fingerprint density at radius 1 is 1.41 bits per heavy atom. The highest BCUT2D eigenvalue weighted by Gasteiger charge is 2.08. The predicted octanol–water partition coefficient (Wildman–Crippen LogP) is 4.52. The zero-order chi connectivity index (χ0) is 15.4. The Balaban J connectivity index is 1.54. The molecule has 22 heavy (non-hydrogen) atoms. The number of hydrogen-bond donors (Lipinski definition) is 0. The molecule has 3 aromatic rings. The van der Waals surface area contributed by atoms with Crippen LogP contribution in [0.15, 0.2) is 55.5 Å². The van der Waals surface area contributed by atoms with Crippen molar-refractivity contribution >= 4 is 39.3 Å². The van der Waals surface area contributed by atoms with Gasteiger partial charge in [-0.1, -0.05) is 6.07 Å². The molecule has 0 aromatic carbocycles. The van der Waals surface area contributed by atoms with E-state index >= 15 is 0 Å². The summed E-state index contributed by atoms with van der Waals surface area (Å²) >= 11 is 4.72. The summed E-state index contributed by atoms with van der Waals surface area (Å²) in [7, 11) is 0. The van der Waals surface area contributed by atoms with Crippen LogP contribution >= 0.6 is 27.3 Å². The second-order valence-electron chi connectivity index (χ2n) is 4.20. The van der Waals surface area contributed by atoms with Gasteiger partial charge in [0.1, 0.15) is 24.3 Å². The first kappa shape index (κ1) is 14.8. The molecule has 0 bridgehead atoms. The zero-order valence-electron chi connectivity index (χ0n) is 11.2. The summed E-state index contributed by atoms with van der Waals surface area (Å²) in [5.74, 6) is 0.607. The average molecular weight is 380 g/mol. The highest BCUT2D eigenvalue weighted by molar-refractivity contribution is 9.10. The van der Waals surface area contributed by atoms with E-state index in [9.17, 15) is 4.79 Å². The van der Waals surface area contributed by atoms with Gasteiger partial charge >= 0.3 is 5.97 Å². The second-order valence-corrected chi connectivity index (χ2v) is 5.93. The first-order valence-electron chi connectivity index (χ1n) is 6.29. The van der Waals surface area contributed by atoms with Crippen LogP contribution < -0.4 is 0 Å². The molecule has 0 fully saturated rings. The fourth-order valence-corrected chi connectivity index (χ4v) is 2.62. The molecule has 3 heterocycles. The first-order chi connectivity index (χ1) is 10.7. The molecule has 112 valence electrons. The molecular formula is C15H10BrNO4S. The van der Waals surface area contributed by atoms with Crippen LogP contribution in [0, 0.1) is 0 Å². The first-order valence-corrected chi connectivity index (χ1v) is 7.96. The van der Waals surface area contributed by atoms with Crippen LogP contribution in [-0.4, -0.2) is 11.0 Å². The summed E-state index contributed by atoms with van der Waals surface area (Å²) in [4.78, 5) is 16.8. The van der Waals surface area contributed by atoms with E-state index in [1.165, 1.54) is 29.8 Å². The summed E-state index contributed by atoms with van der Waals surface area (Å²) in [6, 6.07) is 7.31. The van der Waals surface area contributed by atoms with Crippen LogP contribution in [0.4, 0.5) is 0 Å². The normalized spacial score (nSPS) is 11.1. The molecule has 0 saturated heterocycles.